The van der Waals surface area contributed by atoms with Crippen molar-refractivity contribution < 1.29 is 9.59 Å². The molecule has 9 heteroatoms. The average molecular weight is 492 g/mol. The highest BCUT2D eigenvalue weighted by molar-refractivity contribution is 6.00. The molecular formula is C27H37N7O2. The second-order valence-corrected chi connectivity index (χ2v) is 9.90. The Morgan fingerprint density at radius 2 is 1.86 bits per heavy atom. The molecule has 2 aliphatic rings. The molecule has 0 spiro atoms. The number of aliphatic imine (C=N–C) groups is 1. The van der Waals surface area contributed by atoms with Crippen molar-refractivity contribution in [3.63, 3.8) is 0 Å². The lowest BCUT2D eigenvalue weighted by Gasteiger charge is -2.30. The number of hydrogen-bond donors (Lipinski definition) is 3. The fraction of sp³-hybridized carbons (Fsp3) is 0.519. The van der Waals surface area contributed by atoms with E-state index in [1.165, 1.54) is 19.3 Å². The van der Waals surface area contributed by atoms with Gasteiger partial charge in [-0.2, -0.15) is 5.10 Å². The van der Waals surface area contributed by atoms with E-state index in [9.17, 15) is 9.59 Å². The van der Waals surface area contributed by atoms with E-state index in [-0.39, 0.29) is 23.8 Å². The van der Waals surface area contributed by atoms with Crippen molar-refractivity contribution >= 4 is 30.0 Å². The Bertz CT molecular complexity index is 1120. The summed E-state index contributed by atoms with van der Waals surface area (Å²) in [5, 5.41) is 14.0. The molecule has 3 N–H and O–H groups in total. The van der Waals surface area contributed by atoms with E-state index in [1.54, 1.807) is 23.1 Å². The molecule has 2 amide bonds. The first-order valence-electron chi connectivity index (χ1n) is 13.0. The molecule has 2 aliphatic carbocycles. The van der Waals surface area contributed by atoms with Gasteiger partial charge in [-0.3, -0.25) is 14.6 Å². The van der Waals surface area contributed by atoms with Crippen LogP contribution >= 0.6 is 0 Å². The third kappa shape index (κ3) is 6.80. The van der Waals surface area contributed by atoms with Gasteiger partial charge in [-0.15, -0.1) is 0 Å². The predicted molar refractivity (Wildman–Crippen MR) is 142 cm³/mol. The highest BCUT2D eigenvalue weighted by Crippen LogP contribution is 2.26. The molecule has 0 atom stereocenters. The molecule has 36 heavy (non-hydrogen) atoms. The first kappa shape index (κ1) is 25.6. The molecule has 2 aromatic heterocycles. The molecular weight excluding hydrogens is 454 g/mol. The summed E-state index contributed by atoms with van der Waals surface area (Å²) in [5.74, 6) is 0.730. The van der Waals surface area contributed by atoms with Crippen LogP contribution in [0, 0.1) is 5.92 Å². The minimum Gasteiger partial charge on any atom is -0.366 e. The number of anilines is 1. The lowest BCUT2D eigenvalue weighted by molar-refractivity contribution is -0.127. The Hall–Kier alpha value is -3.49. The Morgan fingerprint density at radius 1 is 1.11 bits per heavy atom. The largest absolute Gasteiger partial charge is 0.366 e. The number of carbonyl (C=O) groups excluding carboxylic acids is 2. The minimum atomic E-state index is -0.178. The SMILES string of the molecule is C=NC=CC=C(C)CNc1ccn2ncc(C(=O)NC3CCC(C(=O)NC4CCCCC4)CC3)c2n1. The van der Waals surface area contributed by atoms with E-state index in [0.29, 0.717) is 29.6 Å². The van der Waals surface area contributed by atoms with Crippen LogP contribution in [0.5, 0.6) is 0 Å². The molecule has 0 bridgehead atoms. The van der Waals surface area contributed by atoms with Crippen LogP contribution in [0.1, 0.15) is 75.1 Å². The maximum Gasteiger partial charge on any atom is 0.256 e. The minimum absolute atomic E-state index is 0.0494. The van der Waals surface area contributed by atoms with E-state index in [2.05, 4.69) is 37.7 Å². The maximum atomic E-state index is 13.1. The molecule has 9 nitrogen and oxygen atoms in total. The van der Waals surface area contributed by atoms with Gasteiger partial charge in [0.1, 0.15) is 11.4 Å². The van der Waals surface area contributed by atoms with Gasteiger partial charge in [-0.25, -0.2) is 9.50 Å². The zero-order valence-electron chi connectivity index (χ0n) is 21.1. The second kappa shape index (κ2) is 12.5. The summed E-state index contributed by atoms with van der Waals surface area (Å²) in [6.45, 7) is 6.03. The number of nitrogens with zero attached hydrogens (tertiary/aromatic N) is 4. The number of hydrogen-bond acceptors (Lipinski definition) is 6. The molecule has 0 aliphatic heterocycles. The van der Waals surface area contributed by atoms with Crippen molar-refractivity contribution in [1.82, 2.24) is 25.2 Å². The number of nitrogens with one attached hydrogen (secondary N) is 3. The van der Waals surface area contributed by atoms with Gasteiger partial charge in [-0.1, -0.05) is 30.9 Å². The lowest BCUT2D eigenvalue weighted by atomic mass is 9.84. The van der Waals surface area contributed by atoms with E-state index < -0.39 is 0 Å². The fourth-order valence-electron chi connectivity index (χ4n) is 5.01. The summed E-state index contributed by atoms with van der Waals surface area (Å²) >= 11 is 0. The number of aromatic nitrogens is 3. The molecule has 192 valence electrons. The normalized spacial score (nSPS) is 21.4. The summed E-state index contributed by atoms with van der Waals surface area (Å²) in [4.78, 5) is 34.0. The van der Waals surface area contributed by atoms with Crippen molar-refractivity contribution in [2.24, 2.45) is 10.9 Å². The number of allylic oxidation sites excluding steroid dienone is 2. The third-order valence-electron chi connectivity index (χ3n) is 7.12. The Balaban J connectivity index is 1.30. The molecule has 2 fully saturated rings. The van der Waals surface area contributed by atoms with Crippen LogP contribution in [0.25, 0.3) is 5.65 Å². The fourth-order valence-corrected chi connectivity index (χ4v) is 5.01. The number of fused-ring (bicyclic) bond motifs is 1. The molecule has 2 saturated carbocycles. The van der Waals surface area contributed by atoms with Crippen LogP contribution in [0.3, 0.4) is 0 Å². The topological polar surface area (TPSA) is 113 Å². The van der Waals surface area contributed by atoms with Crippen molar-refractivity contribution in [2.45, 2.75) is 76.8 Å². The van der Waals surface area contributed by atoms with Gasteiger partial charge in [0.15, 0.2) is 5.65 Å². The van der Waals surface area contributed by atoms with Crippen LogP contribution in [0.4, 0.5) is 5.82 Å². The number of rotatable bonds is 9. The van der Waals surface area contributed by atoms with Crippen LogP contribution < -0.4 is 16.0 Å². The smallest absolute Gasteiger partial charge is 0.256 e. The van der Waals surface area contributed by atoms with Gasteiger partial charge >= 0.3 is 0 Å². The van der Waals surface area contributed by atoms with Gasteiger partial charge in [0.05, 0.1) is 6.20 Å². The van der Waals surface area contributed by atoms with Crippen molar-refractivity contribution in [3.05, 3.63) is 47.9 Å². The summed E-state index contributed by atoms with van der Waals surface area (Å²) in [6.07, 6.45) is 17.9. The standard InChI is InChI=1S/C27H37N7O2/c1-19(7-6-15-28-2)17-29-24-14-16-34-25(33-24)23(18-30-34)27(36)32-22-12-10-20(11-13-22)26(35)31-21-8-4-3-5-9-21/h6-7,14-16,18,20-22H,2-5,8-13,17H2,1H3,(H,29,33)(H,31,35)(H,32,36). The Morgan fingerprint density at radius 3 is 2.61 bits per heavy atom. The van der Waals surface area contributed by atoms with Crippen molar-refractivity contribution in [3.8, 4) is 0 Å². The maximum absolute atomic E-state index is 13.1. The number of carbonyl (C=O) groups is 2. The monoisotopic (exact) mass is 491 g/mol. The van der Waals surface area contributed by atoms with Gasteiger partial charge in [0.25, 0.3) is 5.91 Å². The third-order valence-corrected chi connectivity index (χ3v) is 7.12. The molecule has 0 unspecified atom stereocenters. The zero-order valence-corrected chi connectivity index (χ0v) is 21.1. The molecule has 2 heterocycles. The second-order valence-electron chi connectivity index (χ2n) is 9.90. The van der Waals surface area contributed by atoms with Crippen LogP contribution in [0.2, 0.25) is 0 Å². The highest BCUT2D eigenvalue weighted by Gasteiger charge is 2.29. The van der Waals surface area contributed by atoms with Crippen molar-refractivity contribution in [2.75, 3.05) is 11.9 Å². The van der Waals surface area contributed by atoms with E-state index in [0.717, 1.165) is 44.1 Å². The van der Waals surface area contributed by atoms with E-state index in [4.69, 9.17) is 0 Å². The highest BCUT2D eigenvalue weighted by atomic mass is 16.2. The Kier molecular flexibility index (Phi) is 8.86. The van der Waals surface area contributed by atoms with Crippen LogP contribution in [-0.2, 0) is 4.79 Å². The average Bonchev–Trinajstić information content (AvgIpc) is 3.32. The van der Waals surface area contributed by atoms with Gasteiger partial charge in [0.2, 0.25) is 5.91 Å². The summed E-state index contributed by atoms with van der Waals surface area (Å²) in [6, 6.07) is 2.23. The van der Waals surface area contributed by atoms with E-state index >= 15 is 0 Å². The lowest BCUT2D eigenvalue weighted by Crippen LogP contribution is -2.43. The first-order chi connectivity index (χ1) is 17.5. The quantitative estimate of drug-likeness (QED) is 0.362. The first-order valence-corrected chi connectivity index (χ1v) is 13.0. The molecule has 0 saturated heterocycles. The molecule has 0 radical (unpaired) electrons. The van der Waals surface area contributed by atoms with Crippen LogP contribution in [0.15, 0.2) is 47.4 Å². The van der Waals surface area contributed by atoms with Gasteiger partial charge < -0.3 is 16.0 Å². The van der Waals surface area contributed by atoms with Crippen molar-refractivity contribution in [1.29, 1.82) is 0 Å². The summed E-state index contributed by atoms with van der Waals surface area (Å²) in [7, 11) is 0. The van der Waals surface area contributed by atoms with Gasteiger partial charge in [-0.05, 0) is 64.3 Å². The van der Waals surface area contributed by atoms with E-state index in [1.807, 2.05) is 25.1 Å². The zero-order chi connectivity index (χ0) is 25.3. The molecule has 0 aromatic carbocycles. The predicted octanol–water partition coefficient (Wildman–Crippen LogP) is 4.04. The molecule has 2 aromatic rings. The summed E-state index contributed by atoms with van der Waals surface area (Å²) in [5.41, 5.74) is 2.06. The Labute approximate surface area is 212 Å². The molecule has 4 rings (SSSR count). The van der Waals surface area contributed by atoms with Crippen LogP contribution in [-0.4, -0.2) is 51.8 Å². The summed E-state index contributed by atoms with van der Waals surface area (Å²) < 4.78 is 1.60. The number of amides is 2. The van der Waals surface area contributed by atoms with Gasteiger partial charge in [0, 0.05) is 36.9 Å².